The Morgan fingerprint density at radius 1 is 1.42 bits per heavy atom. The van der Waals surface area contributed by atoms with E-state index in [1.807, 2.05) is 26.2 Å². The van der Waals surface area contributed by atoms with Gasteiger partial charge in [0.05, 0.1) is 17.5 Å². The second-order valence-electron chi connectivity index (χ2n) is 5.69. The molecule has 1 atom stereocenters. The quantitative estimate of drug-likeness (QED) is 0.840. The lowest BCUT2D eigenvalue weighted by atomic mass is 10.2. The first-order valence-electron chi connectivity index (χ1n) is 7.70. The van der Waals surface area contributed by atoms with Gasteiger partial charge in [0.15, 0.2) is 5.82 Å². The number of ether oxygens (including phenoxy) is 1. The summed E-state index contributed by atoms with van der Waals surface area (Å²) < 4.78 is 5.64. The Balaban J connectivity index is 1.63. The maximum absolute atomic E-state index is 12.3. The molecule has 1 amide bonds. The molecule has 0 radical (unpaired) electrons. The summed E-state index contributed by atoms with van der Waals surface area (Å²) in [7, 11) is 3.63. The van der Waals surface area contributed by atoms with Gasteiger partial charge >= 0.3 is 0 Å². The van der Waals surface area contributed by atoms with E-state index < -0.39 is 0 Å². The van der Waals surface area contributed by atoms with Crippen molar-refractivity contribution in [2.45, 2.75) is 25.5 Å². The number of carbonyl (C=O) groups excluding carboxylic acids is 1. The number of nitrogens with one attached hydrogen (secondary N) is 1. The Kier molecular flexibility index (Phi) is 4.91. The molecule has 0 aliphatic carbocycles. The van der Waals surface area contributed by atoms with E-state index in [0.29, 0.717) is 16.6 Å². The van der Waals surface area contributed by atoms with Crippen molar-refractivity contribution in [1.29, 1.82) is 0 Å². The van der Waals surface area contributed by atoms with Crippen molar-refractivity contribution in [3.8, 4) is 0 Å². The lowest BCUT2D eigenvalue weighted by molar-refractivity contribution is 0.0954. The lowest BCUT2D eigenvalue weighted by Gasteiger charge is -2.11. The maximum Gasteiger partial charge on any atom is 0.261 e. The molecule has 0 bridgehead atoms. The van der Waals surface area contributed by atoms with E-state index in [1.165, 1.54) is 11.3 Å². The monoisotopic (exact) mass is 348 g/mol. The van der Waals surface area contributed by atoms with E-state index in [-0.39, 0.29) is 24.5 Å². The minimum atomic E-state index is -0.158. The van der Waals surface area contributed by atoms with Gasteiger partial charge in [-0.2, -0.15) is 15.0 Å². The molecule has 1 fully saturated rings. The molecule has 2 aromatic rings. The summed E-state index contributed by atoms with van der Waals surface area (Å²) in [5, 5.41) is 2.82. The summed E-state index contributed by atoms with van der Waals surface area (Å²) in [6, 6.07) is 3.78. The van der Waals surface area contributed by atoms with Crippen LogP contribution in [0.25, 0.3) is 0 Å². The first kappa shape index (κ1) is 16.6. The Morgan fingerprint density at radius 2 is 2.25 bits per heavy atom. The predicted octanol–water partition coefficient (Wildman–Crippen LogP) is 1.36. The zero-order valence-corrected chi connectivity index (χ0v) is 14.5. The molecular weight excluding hydrogens is 328 g/mol. The lowest BCUT2D eigenvalue weighted by Crippen LogP contribution is -2.24. The standard InChI is InChI=1S/C15H20N6O2S/c1-21(2)15-19-12(18-14(16)20-15)8-17-13(22)11-6-5-10(24-11)9-4-3-7-23-9/h5-6,9H,3-4,7-8H2,1-2H3,(H,17,22)(H2,16,18,19,20)/t9-/m1/s1. The largest absolute Gasteiger partial charge is 0.373 e. The number of nitrogen functional groups attached to an aromatic ring is 1. The van der Waals surface area contributed by atoms with E-state index in [9.17, 15) is 4.79 Å². The van der Waals surface area contributed by atoms with E-state index in [0.717, 1.165) is 24.3 Å². The third-order valence-electron chi connectivity index (χ3n) is 3.59. The number of anilines is 2. The minimum absolute atomic E-state index is 0.127. The summed E-state index contributed by atoms with van der Waals surface area (Å²) >= 11 is 1.46. The molecule has 128 valence electrons. The van der Waals surface area contributed by atoms with Gasteiger partial charge < -0.3 is 20.7 Å². The molecule has 3 heterocycles. The van der Waals surface area contributed by atoms with Crippen LogP contribution in [0.1, 0.15) is 39.3 Å². The second kappa shape index (κ2) is 7.10. The van der Waals surface area contributed by atoms with Gasteiger partial charge in [-0.25, -0.2) is 0 Å². The fourth-order valence-electron chi connectivity index (χ4n) is 2.40. The Morgan fingerprint density at radius 3 is 2.96 bits per heavy atom. The van der Waals surface area contributed by atoms with Gasteiger partial charge in [-0.15, -0.1) is 11.3 Å². The molecule has 0 spiro atoms. The summed E-state index contributed by atoms with van der Waals surface area (Å²) in [6.07, 6.45) is 2.21. The Labute approximate surface area is 144 Å². The van der Waals surface area contributed by atoms with E-state index >= 15 is 0 Å². The van der Waals surface area contributed by atoms with Crippen molar-refractivity contribution < 1.29 is 9.53 Å². The Bertz CT molecular complexity index is 727. The van der Waals surface area contributed by atoms with Crippen molar-refractivity contribution >= 4 is 29.1 Å². The SMILES string of the molecule is CN(C)c1nc(N)nc(CNC(=O)c2ccc([C@H]3CCCO3)s2)n1. The van der Waals surface area contributed by atoms with Gasteiger partial charge in [-0.1, -0.05) is 0 Å². The number of hydrogen-bond donors (Lipinski definition) is 2. The molecule has 2 aromatic heterocycles. The molecule has 1 aliphatic rings. The van der Waals surface area contributed by atoms with Crippen LogP contribution < -0.4 is 16.0 Å². The number of hydrogen-bond acceptors (Lipinski definition) is 8. The minimum Gasteiger partial charge on any atom is -0.373 e. The van der Waals surface area contributed by atoms with Gasteiger partial charge in [0.25, 0.3) is 5.91 Å². The van der Waals surface area contributed by atoms with Crippen LogP contribution in [-0.4, -0.2) is 41.6 Å². The summed E-state index contributed by atoms with van der Waals surface area (Å²) in [4.78, 5) is 28.1. The average molecular weight is 348 g/mol. The van der Waals surface area contributed by atoms with Crippen LogP contribution in [0.4, 0.5) is 11.9 Å². The van der Waals surface area contributed by atoms with Gasteiger partial charge in [0.2, 0.25) is 11.9 Å². The number of amides is 1. The zero-order valence-electron chi connectivity index (χ0n) is 13.7. The van der Waals surface area contributed by atoms with E-state index in [4.69, 9.17) is 10.5 Å². The maximum atomic E-state index is 12.3. The number of rotatable bonds is 5. The molecule has 1 saturated heterocycles. The molecule has 8 nitrogen and oxygen atoms in total. The van der Waals surface area contributed by atoms with E-state index in [1.54, 1.807) is 4.90 Å². The number of aromatic nitrogens is 3. The van der Waals surface area contributed by atoms with Crippen LogP contribution in [0.5, 0.6) is 0 Å². The average Bonchev–Trinajstić information content (AvgIpc) is 3.22. The van der Waals surface area contributed by atoms with Crippen molar-refractivity contribution in [3.63, 3.8) is 0 Å². The van der Waals surface area contributed by atoms with Crippen LogP contribution in [0.15, 0.2) is 12.1 Å². The van der Waals surface area contributed by atoms with Gasteiger partial charge in [-0.05, 0) is 25.0 Å². The summed E-state index contributed by atoms with van der Waals surface area (Å²) in [6.45, 7) is 0.985. The molecule has 24 heavy (non-hydrogen) atoms. The molecule has 0 unspecified atom stereocenters. The van der Waals surface area contributed by atoms with Gasteiger partial charge in [-0.3, -0.25) is 4.79 Å². The van der Waals surface area contributed by atoms with Crippen molar-refractivity contribution in [3.05, 3.63) is 27.7 Å². The van der Waals surface area contributed by atoms with Crippen LogP contribution in [0.2, 0.25) is 0 Å². The van der Waals surface area contributed by atoms with Gasteiger partial charge in [0, 0.05) is 25.6 Å². The number of thiophene rings is 1. The fraction of sp³-hybridized carbons (Fsp3) is 0.467. The van der Waals surface area contributed by atoms with Crippen LogP contribution in [0, 0.1) is 0 Å². The highest BCUT2D eigenvalue weighted by Gasteiger charge is 2.21. The molecular formula is C15H20N6O2S. The highest BCUT2D eigenvalue weighted by atomic mass is 32.1. The summed E-state index contributed by atoms with van der Waals surface area (Å²) in [5.74, 6) is 0.864. The predicted molar refractivity (Wildman–Crippen MR) is 92.0 cm³/mol. The number of carbonyl (C=O) groups is 1. The molecule has 0 saturated carbocycles. The van der Waals surface area contributed by atoms with Crippen molar-refractivity contribution in [2.24, 2.45) is 0 Å². The summed E-state index contributed by atoms with van der Waals surface area (Å²) in [5.41, 5.74) is 5.67. The van der Waals surface area contributed by atoms with Crippen molar-refractivity contribution in [1.82, 2.24) is 20.3 Å². The molecule has 0 aromatic carbocycles. The highest BCUT2D eigenvalue weighted by Crippen LogP contribution is 2.33. The topological polar surface area (TPSA) is 106 Å². The molecule has 3 rings (SSSR count). The zero-order chi connectivity index (χ0) is 17.1. The third kappa shape index (κ3) is 3.80. The normalized spacial score (nSPS) is 17.0. The smallest absolute Gasteiger partial charge is 0.261 e. The van der Waals surface area contributed by atoms with Crippen LogP contribution in [-0.2, 0) is 11.3 Å². The molecule has 9 heteroatoms. The molecule has 1 aliphatic heterocycles. The third-order valence-corrected chi connectivity index (χ3v) is 4.77. The van der Waals surface area contributed by atoms with E-state index in [2.05, 4.69) is 20.3 Å². The van der Waals surface area contributed by atoms with Crippen molar-refractivity contribution in [2.75, 3.05) is 31.3 Å². The van der Waals surface area contributed by atoms with Crippen LogP contribution >= 0.6 is 11.3 Å². The first-order chi connectivity index (χ1) is 11.5. The number of nitrogens with two attached hydrogens (primary N) is 1. The van der Waals surface area contributed by atoms with Gasteiger partial charge in [0.1, 0.15) is 0 Å². The molecule has 3 N–H and O–H groups in total. The highest BCUT2D eigenvalue weighted by molar-refractivity contribution is 7.14. The number of nitrogens with zero attached hydrogens (tertiary/aromatic N) is 4. The first-order valence-corrected chi connectivity index (χ1v) is 8.52. The fourth-order valence-corrected chi connectivity index (χ4v) is 3.41. The van der Waals surface area contributed by atoms with Crippen LogP contribution in [0.3, 0.4) is 0 Å². The Hall–Kier alpha value is -2.26. The second-order valence-corrected chi connectivity index (χ2v) is 6.81.